The van der Waals surface area contributed by atoms with E-state index in [1.165, 1.54) is 0 Å². The van der Waals surface area contributed by atoms with Crippen LogP contribution in [0.25, 0.3) is 139 Å². The fourth-order valence-electron chi connectivity index (χ4n) is 10.3. The number of furan rings is 2. The molecule has 6 nitrogen and oxygen atoms in total. The minimum Gasteiger partial charge on any atom is -0.456 e. The molecule has 0 saturated carbocycles. The monoisotopic (exact) mass is 912 g/mol. The molecular formula is C65H44N4O2. The fraction of sp³-hybridized carbons (Fsp3) is 0.0308. The topological polar surface area (TPSA) is 69.9 Å². The van der Waals surface area contributed by atoms with E-state index in [0.29, 0.717) is 17.5 Å². The third kappa shape index (κ3) is 7.15. The molecule has 0 N–H and O–H groups in total. The Morgan fingerprint density at radius 3 is 1.62 bits per heavy atom. The van der Waals surface area contributed by atoms with Crippen molar-refractivity contribution in [2.24, 2.45) is 0 Å². The van der Waals surface area contributed by atoms with Gasteiger partial charge in [-0.1, -0.05) is 178 Å². The van der Waals surface area contributed by atoms with Crippen LogP contribution in [0.2, 0.25) is 0 Å². The summed E-state index contributed by atoms with van der Waals surface area (Å²) in [6.07, 6.45) is 0. The van der Waals surface area contributed by atoms with Crippen LogP contribution in [0.5, 0.6) is 0 Å². The van der Waals surface area contributed by atoms with Crippen molar-refractivity contribution in [3.05, 3.63) is 231 Å². The van der Waals surface area contributed by atoms with Crippen molar-refractivity contribution in [3.63, 3.8) is 0 Å². The van der Waals surface area contributed by atoms with Gasteiger partial charge in [0.1, 0.15) is 22.3 Å². The van der Waals surface area contributed by atoms with Crippen molar-refractivity contribution in [2.45, 2.75) is 13.8 Å². The number of hydrogen-bond donors (Lipinski definition) is 0. The highest BCUT2D eigenvalue weighted by Gasteiger charge is 2.21. The highest BCUT2D eigenvalue weighted by molar-refractivity contribution is 6.16. The van der Waals surface area contributed by atoms with E-state index in [0.717, 1.165) is 121 Å². The van der Waals surface area contributed by atoms with Crippen molar-refractivity contribution in [1.29, 1.82) is 0 Å². The van der Waals surface area contributed by atoms with Crippen molar-refractivity contribution >= 4 is 65.7 Å². The Kier molecular flexibility index (Phi) is 10.2. The van der Waals surface area contributed by atoms with Gasteiger partial charge >= 0.3 is 0 Å². The molecule has 14 rings (SSSR count). The predicted molar refractivity (Wildman–Crippen MR) is 293 cm³/mol. The second-order valence-electron chi connectivity index (χ2n) is 17.5. The summed E-state index contributed by atoms with van der Waals surface area (Å²) in [5, 5.41) is 6.68. The van der Waals surface area contributed by atoms with Crippen molar-refractivity contribution in [3.8, 4) is 73.2 Å². The van der Waals surface area contributed by atoms with Crippen LogP contribution in [0.1, 0.15) is 13.8 Å². The van der Waals surface area contributed by atoms with E-state index in [-0.39, 0.29) is 0 Å². The van der Waals surface area contributed by atoms with E-state index in [4.69, 9.17) is 23.8 Å². The Balaban J connectivity index is 0.00000243. The molecule has 0 unspecified atom stereocenters. The third-order valence-electron chi connectivity index (χ3n) is 13.4. The summed E-state index contributed by atoms with van der Waals surface area (Å²) < 4.78 is 15.1. The van der Waals surface area contributed by atoms with Crippen LogP contribution in [0.4, 0.5) is 0 Å². The first kappa shape index (κ1) is 41.8. The minimum atomic E-state index is 0.568. The Hall–Kier alpha value is -9.39. The molecule has 4 heterocycles. The zero-order chi connectivity index (χ0) is 47.4. The lowest BCUT2D eigenvalue weighted by atomic mass is 9.92. The molecule has 0 amide bonds. The highest BCUT2D eigenvalue weighted by atomic mass is 16.3. The fourth-order valence-corrected chi connectivity index (χ4v) is 10.3. The first-order valence-electron chi connectivity index (χ1n) is 24.2. The van der Waals surface area contributed by atoms with E-state index in [9.17, 15) is 0 Å². The number of nitrogens with zero attached hydrogens (tertiary/aromatic N) is 4. The van der Waals surface area contributed by atoms with E-state index in [1.54, 1.807) is 0 Å². The molecule has 0 atom stereocenters. The van der Waals surface area contributed by atoms with Gasteiger partial charge in [0.25, 0.3) is 0 Å². The number of para-hydroxylation sites is 3. The van der Waals surface area contributed by atoms with Crippen LogP contribution in [-0.2, 0) is 0 Å². The molecule has 0 saturated heterocycles. The molecule has 10 aromatic carbocycles. The Morgan fingerprint density at radius 2 is 0.845 bits per heavy atom. The zero-order valence-electron chi connectivity index (χ0n) is 39.0. The molecule has 0 spiro atoms. The quantitative estimate of drug-likeness (QED) is 0.159. The van der Waals surface area contributed by atoms with Crippen LogP contribution in [0.15, 0.2) is 239 Å². The summed E-state index contributed by atoms with van der Waals surface area (Å²) in [7, 11) is 0. The zero-order valence-corrected chi connectivity index (χ0v) is 39.0. The molecule has 0 fully saturated rings. The van der Waals surface area contributed by atoms with Gasteiger partial charge in [-0.15, -0.1) is 0 Å². The summed E-state index contributed by atoms with van der Waals surface area (Å²) in [4.78, 5) is 15.5. The van der Waals surface area contributed by atoms with E-state index in [2.05, 4.69) is 168 Å². The summed E-state index contributed by atoms with van der Waals surface area (Å²) in [6, 6.07) is 80.7. The van der Waals surface area contributed by atoms with Gasteiger partial charge in [-0.05, 0) is 94.5 Å². The van der Waals surface area contributed by atoms with E-state index >= 15 is 0 Å². The Labute approximate surface area is 409 Å². The molecule has 4 aromatic heterocycles. The van der Waals surface area contributed by atoms with Gasteiger partial charge in [0.2, 0.25) is 0 Å². The smallest absolute Gasteiger partial charge is 0.164 e. The second kappa shape index (κ2) is 17.3. The van der Waals surface area contributed by atoms with Gasteiger partial charge in [0, 0.05) is 60.3 Å². The number of aromatic nitrogens is 4. The maximum absolute atomic E-state index is 6.36. The molecule has 0 aliphatic carbocycles. The second-order valence-corrected chi connectivity index (χ2v) is 17.5. The van der Waals surface area contributed by atoms with Crippen LogP contribution in [0.3, 0.4) is 0 Å². The average Bonchev–Trinajstić information content (AvgIpc) is 4.13. The number of fused-ring (bicyclic) bond motifs is 9. The largest absolute Gasteiger partial charge is 0.456 e. The lowest BCUT2D eigenvalue weighted by Crippen LogP contribution is -2.01. The summed E-state index contributed by atoms with van der Waals surface area (Å²) in [5.74, 6) is 1.74. The Bertz CT molecular complexity index is 4320. The van der Waals surface area contributed by atoms with Crippen molar-refractivity contribution < 1.29 is 8.83 Å². The standard InChI is InChI=1S/C63H38N4O2.C2H6/c1-3-16-39(17-4-1)45-36-52(42-21-13-20-41(34-42)47-27-15-31-57-59(47)51-26-9-12-30-56(51)68-57)60-53(37-45)48-24-7-10-28-54(48)67(60)46-23-14-22-43(35-46)62-64-61(40-18-5-2-6-19-40)65-63(66-62)44-32-33-50-49-25-8-11-29-55(49)69-58(50)38-44;1-2/h1-38H;1-2H3. The van der Waals surface area contributed by atoms with Gasteiger partial charge in [-0.25, -0.2) is 15.0 Å². The molecule has 71 heavy (non-hydrogen) atoms. The molecule has 14 aromatic rings. The maximum atomic E-state index is 6.36. The molecule has 0 aliphatic rings. The molecule has 336 valence electrons. The third-order valence-corrected chi connectivity index (χ3v) is 13.4. The van der Waals surface area contributed by atoms with Gasteiger partial charge < -0.3 is 13.4 Å². The van der Waals surface area contributed by atoms with Crippen LogP contribution >= 0.6 is 0 Å². The van der Waals surface area contributed by atoms with E-state index < -0.39 is 0 Å². The number of benzene rings is 10. The summed E-state index contributed by atoms with van der Waals surface area (Å²) in [5.41, 5.74) is 16.0. The number of rotatable bonds is 7. The Morgan fingerprint density at radius 1 is 0.310 bits per heavy atom. The molecular weight excluding hydrogens is 869 g/mol. The molecule has 6 heteroatoms. The highest BCUT2D eigenvalue weighted by Crippen LogP contribution is 2.44. The van der Waals surface area contributed by atoms with Crippen molar-refractivity contribution in [2.75, 3.05) is 0 Å². The van der Waals surface area contributed by atoms with Gasteiger partial charge in [-0.3, -0.25) is 0 Å². The predicted octanol–water partition coefficient (Wildman–Crippen LogP) is 17.8. The maximum Gasteiger partial charge on any atom is 0.164 e. The summed E-state index contributed by atoms with van der Waals surface area (Å²) in [6.45, 7) is 4.00. The first-order valence-corrected chi connectivity index (χ1v) is 24.2. The molecule has 0 aliphatic heterocycles. The molecule has 0 radical (unpaired) electrons. The lowest BCUT2D eigenvalue weighted by molar-refractivity contribution is 0.668. The van der Waals surface area contributed by atoms with Crippen molar-refractivity contribution in [1.82, 2.24) is 19.5 Å². The first-order chi connectivity index (χ1) is 35.2. The lowest BCUT2D eigenvalue weighted by Gasteiger charge is -2.15. The SMILES string of the molecule is CC.c1ccc(-c2cc(-c3cccc(-c4cccc5oc6ccccc6c45)c3)c3c(c2)c2ccccc2n3-c2cccc(-c3nc(-c4ccccc4)nc(-c4ccc5c(c4)oc4ccccc45)n3)c2)cc1. The van der Waals surface area contributed by atoms with E-state index in [1.807, 2.05) is 80.6 Å². The van der Waals surface area contributed by atoms with Crippen LogP contribution in [0, 0.1) is 0 Å². The van der Waals surface area contributed by atoms with Gasteiger partial charge in [0.05, 0.1) is 11.0 Å². The minimum absolute atomic E-state index is 0.568. The van der Waals surface area contributed by atoms with Crippen LogP contribution in [-0.4, -0.2) is 19.5 Å². The average molecular weight is 913 g/mol. The summed E-state index contributed by atoms with van der Waals surface area (Å²) >= 11 is 0. The molecule has 0 bridgehead atoms. The number of hydrogen-bond acceptors (Lipinski definition) is 5. The van der Waals surface area contributed by atoms with Gasteiger partial charge in [-0.2, -0.15) is 0 Å². The van der Waals surface area contributed by atoms with Crippen LogP contribution < -0.4 is 0 Å². The van der Waals surface area contributed by atoms with Gasteiger partial charge in [0.15, 0.2) is 17.5 Å². The normalized spacial score (nSPS) is 11.5.